The molecule has 0 fully saturated rings. The Morgan fingerprint density at radius 2 is 2.29 bits per heavy atom. The predicted molar refractivity (Wildman–Crippen MR) is 55.4 cm³/mol. The predicted octanol–water partition coefficient (Wildman–Crippen LogP) is -0.525. The highest BCUT2D eigenvalue weighted by molar-refractivity contribution is 5.43. The molecule has 3 heterocycles. The van der Waals surface area contributed by atoms with Crippen molar-refractivity contribution >= 4 is 5.65 Å². The summed E-state index contributed by atoms with van der Waals surface area (Å²) in [5.74, 6) is 0.699. The topological polar surface area (TPSA) is 105 Å². The van der Waals surface area contributed by atoms with Crippen LogP contribution in [0.2, 0.25) is 0 Å². The van der Waals surface area contributed by atoms with Gasteiger partial charge in [-0.3, -0.25) is 4.57 Å². The van der Waals surface area contributed by atoms with Crippen molar-refractivity contribution in [1.82, 2.24) is 29.1 Å². The van der Waals surface area contributed by atoms with E-state index in [4.69, 9.17) is 5.26 Å². The van der Waals surface area contributed by atoms with Crippen molar-refractivity contribution in [2.45, 2.75) is 0 Å². The molecule has 0 aliphatic carbocycles. The number of nitrogens with zero attached hydrogens (tertiary/aromatic N) is 6. The van der Waals surface area contributed by atoms with Gasteiger partial charge in [-0.15, -0.1) is 0 Å². The molecule has 0 aliphatic rings. The first-order valence-corrected chi connectivity index (χ1v) is 4.66. The zero-order valence-electron chi connectivity index (χ0n) is 8.40. The molecule has 0 radical (unpaired) electrons. The van der Waals surface area contributed by atoms with Crippen molar-refractivity contribution in [3.8, 4) is 11.9 Å². The summed E-state index contributed by atoms with van der Waals surface area (Å²) in [4.78, 5) is 19.2. The van der Waals surface area contributed by atoms with Crippen molar-refractivity contribution < 1.29 is 0 Å². The van der Waals surface area contributed by atoms with Crippen molar-refractivity contribution in [2.24, 2.45) is 0 Å². The van der Waals surface area contributed by atoms with Crippen LogP contribution in [0.25, 0.3) is 11.5 Å². The molecule has 8 heteroatoms. The summed E-state index contributed by atoms with van der Waals surface area (Å²) in [5.41, 5.74) is 0.0720. The molecule has 0 atom stereocenters. The number of fused-ring (bicyclic) bond motifs is 1. The van der Waals surface area contributed by atoms with E-state index in [1.54, 1.807) is 12.3 Å². The first kappa shape index (κ1) is 9.29. The molecule has 0 bridgehead atoms. The minimum Gasteiger partial charge on any atom is -0.275 e. The van der Waals surface area contributed by atoms with Gasteiger partial charge in [0.25, 0.3) is 0 Å². The number of hydrogen-bond acceptors (Lipinski definition) is 5. The van der Waals surface area contributed by atoms with E-state index in [2.05, 4.69) is 20.2 Å². The summed E-state index contributed by atoms with van der Waals surface area (Å²) in [6.45, 7) is 0. The van der Waals surface area contributed by atoms with E-state index in [0.29, 0.717) is 11.5 Å². The molecule has 3 rings (SSSR count). The van der Waals surface area contributed by atoms with Crippen molar-refractivity contribution in [3.63, 3.8) is 0 Å². The maximum atomic E-state index is 11.2. The summed E-state index contributed by atoms with van der Waals surface area (Å²) >= 11 is 0. The Hall–Kier alpha value is -2.95. The van der Waals surface area contributed by atoms with Gasteiger partial charge in [0.15, 0.2) is 5.65 Å². The molecule has 3 aromatic rings. The first-order chi connectivity index (χ1) is 8.29. The third-order valence-electron chi connectivity index (χ3n) is 2.28. The van der Waals surface area contributed by atoms with Crippen LogP contribution >= 0.6 is 0 Å². The summed E-state index contributed by atoms with van der Waals surface area (Å²) in [6.07, 6.45) is 4.46. The molecular formula is C9H5N7O. The molecule has 17 heavy (non-hydrogen) atoms. The van der Waals surface area contributed by atoms with E-state index >= 15 is 0 Å². The minimum atomic E-state index is -0.356. The Morgan fingerprint density at radius 1 is 1.41 bits per heavy atom. The van der Waals surface area contributed by atoms with Crippen LogP contribution in [0.4, 0.5) is 0 Å². The Bertz CT molecular complexity index is 787. The standard InChI is InChI=1S/C9H5N7O/c10-4-8-11-1-2-15(8)6-3-7-13-14-9(17)16(7)5-12-6/h1-3,5H,(H,14,17). The van der Waals surface area contributed by atoms with Gasteiger partial charge < -0.3 is 0 Å². The van der Waals surface area contributed by atoms with Crippen molar-refractivity contribution in [1.29, 1.82) is 5.26 Å². The van der Waals surface area contributed by atoms with Crippen molar-refractivity contribution in [3.05, 3.63) is 41.1 Å². The van der Waals surface area contributed by atoms with Crippen LogP contribution in [-0.4, -0.2) is 29.1 Å². The Labute approximate surface area is 93.8 Å². The third-order valence-corrected chi connectivity index (χ3v) is 2.28. The van der Waals surface area contributed by atoms with Gasteiger partial charge in [-0.2, -0.15) is 10.4 Å². The lowest BCUT2D eigenvalue weighted by Crippen LogP contribution is -2.10. The van der Waals surface area contributed by atoms with Crippen LogP contribution in [0, 0.1) is 11.3 Å². The summed E-state index contributed by atoms with van der Waals surface area (Å²) in [7, 11) is 0. The molecule has 0 saturated carbocycles. The first-order valence-electron chi connectivity index (χ1n) is 4.66. The molecular weight excluding hydrogens is 222 g/mol. The van der Waals surface area contributed by atoms with Crippen LogP contribution in [-0.2, 0) is 0 Å². The maximum absolute atomic E-state index is 11.2. The van der Waals surface area contributed by atoms with Gasteiger partial charge in [0.1, 0.15) is 18.2 Å². The quantitative estimate of drug-likeness (QED) is 0.602. The number of H-pyrrole nitrogens is 1. The molecule has 0 aromatic carbocycles. The van der Waals surface area contributed by atoms with E-state index in [1.165, 1.54) is 21.5 Å². The summed E-state index contributed by atoms with van der Waals surface area (Å²) < 4.78 is 2.78. The number of aromatic nitrogens is 6. The van der Waals surface area contributed by atoms with Gasteiger partial charge in [-0.25, -0.2) is 24.3 Å². The molecule has 0 saturated heterocycles. The van der Waals surface area contributed by atoms with Crippen LogP contribution in [0.3, 0.4) is 0 Å². The molecule has 1 N–H and O–H groups in total. The summed E-state index contributed by atoms with van der Waals surface area (Å²) in [6, 6.07) is 3.53. The number of aromatic amines is 1. The molecule has 0 amide bonds. The van der Waals surface area contributed by atoms with Gasteiger partial charge in [0, 0.05) is 18.5 Å². The SMILES string of the molecule is N#Cc1nccn1-c1cc2n[nH]c(=O)n2cn1. The average molecular weight is 227 g/mol. The lowest BCUT2D eigenvalue weighted by atomic mass is 10.5. The second kappa shape index (κ2) is 3.28. The van der Waals surface area contributed by atoms with E-state index in [1.807, 2.05) is 6.07 Å². The zero-order chi connectivity index (χ0) is 11.8. The van der Waals surface area contributed by atoms with Crippen LogP contribution in [0.1, 0.15) is 5.82 Å². The van der Waals surface area contributed by atoms with Gasteiger partial charge >= 0.3 is 5.69 Å². The monoisotopic (exact) mass is 227 g/mol. The highest BCUT2D eigenvalue weighted by atomic mass is 16.1. The molecule has 82 valence electrons. The van der Waals surface area contributed by atoms with Gasteiger partial charge in [-0.1, -0.05) is 0 Å². The molecule has 0 unspecified atom stereocenters. The molecule has 8 nitrogen and oxygen atoms in total. The molecule has 3 aromatic heterocycles. The number of rotatable bonds is 1. The second-order valence-corrected chi connectivity index (χ2v) is 3.24. The Morgan fingerprint density at radius 3 is 3.12 bits per heavy atom. The Kier molecular flexibility index (Phi) is 1.79. The highest BCUT2D eigenvalue weighted by Crippen LogP contribution is 2.07. The van der Waals surface area contributed by atoms with Crippen molar-refractivity contribution in [2.75, 3.05) is 0 Å². The number of imidazole rings is 1. The van der Waals surface area contributed by atoms with Crippen LogP contribution < -0.4 is 5.69 Å². The van der Waals surface area contributed by atoms with Gasteiger partial charge in [0.2, 0.25) is 5.82 Å². The van der Waals surface area contributed by atoms with E-state index in [-0.39, 0.29) is 11.5 Å². The Balaban J connectivity index is 2.26. The minimum absolute atomic E-state index is 0.222. The fourth-order valence-electron chi connectivity index (χ4n) is 1.50. The zero-order valence-corrected chi connectivity index (χ0v) is 8.40. The number of hydrogen-bond donors (Lipinski definition) is 1. The second-order valence-electron chi connectivity index (χ2n) is 3.24. The third kappa shape index (κ3) is 1.30. The van der Waals surface area contributed by atoms with E-state index in [9.17, 15) is 4.79 Å². The van der Waals surface area contributed by atoms with Gasteiger partial charge in [-0.05, 0) is 0 Å². The maximum Gasteiger partial charge on any atom is 0.348 e. The smallest absolute Gasteiger partial charge is 0.275 e. The molecule has 0 spiro atoms. The lowest BCUT2D eigenvalue weighted by molar-refractivity contribution is 0.928. The fourth-order valence-corrected chi connectivity index (χ4v) is 1.50. The molecule has 0 aliphatic heterocycles. The fraction of sp³-hybridized carbons (Fsp3) is 0. The lowest BCUT2D eigenvalue weighted by Gasteiger charge is -2.01. The van der Waals surface area contributed by atoms with Crippen LogP contribution in [0.5, 0.6) is 0 Å². The summed E-state index contributed by atoms with van der Waals surface area (Å²) in [5, 5.41) is 15.0. The average Bonchev–Trinajstić information content (AvgIpc) is 2.96. The van der Waals surface area contributed by atoms with E-state index in [0.717, 1.165) is 0 Å². The number of nitrogens with one attached hydrogen (secondary N) is 1. The van der Waals surface area contributed by atoms with E-state index < -0.39 is 0 Å². The largest absolute Gasteiger partial charge is 0.348 e. The van der Waals surface area contributed by atoms with Crippen LogP contribution in [0.15, 0.2) is 29.6 Å². The normalized spacial score (nSPS) is 10.5. The highest BCUT2D eigenvalue weighted by Gasteiger charge is 2.07. The van der Waals surface area contributed by atoms with Gasteiger partial charge in [0.05, 0.1) is 0 Å². The number of nitriles is 1.